The number of hydrogen-bond acceptors (Lipinski definition) is 1. The maximum absolute atomic E-state index is 11.4. The first-order valence-corrected chi connectivity index (χ1v) is 5.20. The van der Waals surface area contributed by atoms with Crippen molar-refractivity contribution >= 4 is 5.78 Å². The van der Waals surface area contributed by atoms with Crippen LogP contribution in [-0.2, 0) is 20.8 Å². The van der Waals surface area contributed by atoms with Crippen LogP contribution in [0, 0.1) is 0 Å². The Hall–Kier alpha value is -0.851. The molecule has 0 saturated heterocycles. The Balaban J connectivity index is 2.37. The second-order valence-electron chi connectivity index (χ2n) is 3.47. The van der Waals surface area contributed by atoms with Gasteiger partial charge in [0.1, 0.15) is 0 Å². The molecule has 0 bridgehead atoms. The van der Waals surface area contributed by atoms with Crippen LogP contribution < -0.4 is 0 Å². The van der Waals surface area contributed by atoms with Crippen molar-refractivity contribution in [2.75, 3.05) is 0 Å². The van der Waals surface area contributed by atoms with Crippen LogP contribution in [0.4, 0.5) is 0 Å². The van der Waals surface area contributed by atoms with Gasteiger partial charge in [0, 0.05) is 0 Å². The molecular formula is C12H11FeO. The zero-order chi connectivity index (χ0) is 10.1. The molecule has 2 heteroatoms. The van der Waals surface area contributed by atoms with E-state index in [1.165, 1.54) is 5.57 Å². The summed E-state index contributed by atoms with van der Waals surface area (Å²) in [5, 5.41) is 0. The van der Waals surface area contributed by atoms with Gasteiger partial charge in [-0.15, -0.1) is 0 Å². The first-order valence-electron chi connectivity index (χ1n) is 4.65. The SMILES string of the molecule is CC(=O)C1=CC[C]([Fe])=C1C1=CC=CC1. The molecule has 0 N–H and O–H groups in total. The second kappa shape index (κ2) is 3.72. The molecule has 0 heterocycles. The summed E-state index contributed by atoms with van der Waals surface area (Å²) < 4.78 is 1.07. The number of allylic oxidation sites excluding steroid dienone is 8. The summed E-state index contributed by atoms with van der Waals surface area (Å²) in [4.78, 5) is 11.4. The van der Waals surface area contributed by atoms with Crippen molar-refractivity contribution in [3.8, 4) is 0 Å². The minimum atomic E-state index is 0.145. The van der Waals surface area contributed by atoms with Crippen molar-refractivity contribution in [2.45, 2.75) is 19.8 Å². The fraction of sp³-hybridized carbons (Fsp3) is 0.250. The molecule has 0 radical (unpaired) electrons. The number of rotatable bonds is 2. The minimum absolute atomic E-state index is 0.145. The van der Waals surface area contributed by atoms with Crippen LogP contribution in [0.15, 0.2) is 45.5 Å². The third-order valence-corrected chi connectivity index (χ3v) is 2.99. The van der Waals surface area contributed by atoms with Gasteiger partial charge in [0.15, 0.2) is 0 Å². The van der Waals surface area contributed by atoms with Crippen molar-refractivity contribution in [2.24, 2.45) is 0 Å². The summed E-state index contributed by atoms with van der Waals surface area (Å²) in [6.07, 6.45) is 9.94. The average Bonchev–Trinajstić information content (AvgIpc) is 2.71. The second-order valence-corrected chi connectivity index (χ2v) is 4.13. The van der Waals surface area contributed by atoms with E-state index >= 15 is 0 Å². The molecule has 2 aliphatic rings. The normalized spacial score (nSPS) is 20.1. The summed E-state index contributed by atoms with van der Waals surface area (Å²) in [5.41, 5.74) is 3.17. The molecule has 0 aromatic carbocycles. The maximum atomic E-state index is 11.4. The van der Waals surface area contributed by atoms with Crippen LogP contribution in [0.5, 0.6) is 0 Å². The van der Waals surface area contributed by atoms with E-state index in [0.717, 1.165) is 28.5 Å². The average molecular weight is 227 g/mol. The molecule has 1 nitrogen and oxygen atoms in total. The van der Waals surface area contributed by atoms with E-state index in [1.54, 1.807) is 6.92 Å². The third kappa shape index (κ3) is 1.56. The molecule has 0 unspecified atom stereocenters. The number of hydrogen-bond donors (Lipinski definition) is 0. The van der Waals surface area contributed by atoms with Crippen LogP contribution in [-0.4, -0.2) is 5.78 Å². The molecule has 0 amide bonds. The van der Waals surface area contributed by atoms with Gasteiger partial charge in [0.2, 0.25) is 0 Å². The predicted octanol–water partition coefficient (Wildman–Crippen LogP) is 2.59. The van der Waals surface area contributed by atoms with Gasteiger partial charge in [-0.3, -0.25) is 0 Å². The molecule has 2 rings (SSSR count). The molecule has 14 heavy (non-hydrogen) atoms. The molecule has 0 saturated carbocycles. The van der Waals surface area contributed by atoms with Gasteiger partial charge in [-0.25, -0.2) is 0 Å². The van der Waals surface area contributed by atoms with Gasteiger partial charge >= 0.3 is 91.9 Å². The molecular weight excluding hydrogens is 216 g/mol. The number of ketones is 1. The Morgan fingerprint density at radius 3 is 2.79 bits per heavy atom. The van der Waals surface area contributed by atoms with E-state index in [-0.39, 0.29) is 5.78 Å². The van der Waals surface area contributed by atoms with Gasteiger partial charge in [-0.1, -0.05) is 0 Å². The van der Waals surface area contributed by atoms with Crippen LogP contribution in [0.1, 0.15) is 19.8 Å². The van der Waals surface area contributed by atoms with Crippen LogP contribution >= 0.6 is 0 Å². The van der Waals surface area contributed by atoms with Crippen molar-refractivity contribution in [3.63, 3.8) is 0 Å². The number of carbonyl (C=O) groups is 1. The van der Waals surface area contributed by atoms with Gasteiger partial charge in [0.25, 0.3) is 0 Å². The zero-order valence-corrected chi connectivity index (χ0v) is 9.09. The summed E-state index contributed by atoms with van der Waals surface area (Å²) in [6.45, 7) is 1.62. The molecule has 2 aliphatic carbocycles. The van der Waals surface area contributed by atoms with Crippen LogP contribution in [0.25, 0.3) is 0 Å². The van der Waals surface area contributed by atoms with E-state index in [4.69, 9.17) is 0 Å². The quantitative estimate of drug-likeness (QED) is 0.662. The number of Topliss-reactive ketones (excluding diaryl/α,β-unsaturated/α-hetero) is 1. The monoisotopic (exact) mass is 227 g/mol. The summed E-state index contributed by atoms with van der Waals surface area (Å²) >= 11 is 4.00. The van der Waals surface area contributed by atoms with Gasteiger partial charge < -0.3 is 0 Å². The molecule has 73 valence electrons. The standard InChI is InChI=1S/C12H11O.Fe/c1-9(13)11-7-4-8-12(11)10-5-2-3-6-10;/h2-3,5,7H,4,6H2,1H3;. The van der Waals surface area contributed by atoms with Crippen LogP contribution in [0.2, 0.25) is 0 Å². The zero-order valence-electron chi connectivity index (χ0n) is 7.99. The van der Waals surface area contributed by atoms with Crippen molar-refractivity contribution in [1.29, 1.82) is 0 Å². The van der Waals surface area contributed by atoms with Crippen molar-refractivity contribution < 1.29 is 20.8 Å². The van der Waals surface area contributed by atoms with E-state index < -0.39 is 0 Å². The Morgan fingerprint density at radius 1 is 1.43 bits per heavy atom. The third-order valence-electron chi connectivity index (χ3n) is 2.49. The predicted molar refractivity (Wildman–Crippen MR) is 52.2 cm³/mol. The summed E-state index contributed by atoms with van der Waals surface area (Å²) in [6, 6.07) is 0. The number of carbonyl (C=O) groups excluding carboxylic acids is 1. The fourth-order valence-corrected chi connectivity index (χ4v) is 2.27. The first kappa shape index (κ1) is 9.69. The van der Waals surface area contributed by atoms with E-state index in [2.05, 4.69) is 28.2 Å². The molecule has 0 aliphatic heterocycles. The molecule has 0 fully saturated rings. The first-order chi connectivity index (χ1) is 6.70. The summed E-state index contributed by atoms with van der Waals surface area (Å²) in [5.74, 6) is 0.145. The van der Waals surface area contributed by atoms with Crippen molar-refractivity contribution in [1.82, 2.24) is 0 Å². The van der Waals surface area contributed by atoms with Crippen LogP contribution in [0.3, 0.4) is 0 Å². The summed E-state index contributed by atoms with van der Waals surface area (Å²) in [7, 11) is 0. The van der Waals surface area contributed by atoms with E-state index in [1.807, 2.05) is 12.2 Å². The van der Waals surface area contributed by atoms with Crippen molar-refractivity contribution in [3.05, 3.63) is 45.5 Å². The Morgan fingerprint density at radius 2 is 2.21 bits per heavy atom. The van der Waals surface area contributed by atoms with Gasteiger partial charge in [-0.05, 0) is 0 Å². The molecule has 0 aromatic rings. The van der Waals surface area contributed by atoms with Gasteiger partial charge in [0.05, 0.1) is 0 Å². The Labute approximate surface area is 92.1 Å². The van der Waals surface area contributed by atoms with E-state index in [9.17, 15) is 4.79 Å². The van der Waals surface area contributed by atoms with Gasteiger partial charge in [-0.2, -0.15) is 0 Å². The van der Waals surface area contributed by atoms with E-state index in [0.29, 0.717) is 0 Å². The molecule has 0 atom stereocenters. The molecule has 0 aromatic heterocycles. The Bertz CT molecular complexity index is 408. The fourth-order valence-electron chi connectivity index (χ4n) is 1.83. The topological polar surface area (TPSA) is 17.1 Å². The Kier molecular flexibility index (Phi) is 2.58. The molecule has 0 spiro atoms.